The molecule has 41 heavy (non-hydrogen) atoms. The van der Waals surface area contributed by atoms with Gasteiger partial charge in [-0.15, -0.1) is 0 Å². The van der Waals surface area contributed by atoms with Gasteiger partial charge in [0.1, 0.15) is 5.82 Å². The average Bonchev–Trinajstić information content (AvgIpc) is 3.49. The van der Waals surface area contributed by atoms with Crippen LogP contribution in [0.25, 0.3) is 22.1 Å². The van der Waals surface area contributed by atoms with Crippen molar-refractivity contribution in [2.75, 3.05) is 0 Å². The summed E-state index contributed by atoms with van der Waals surface area (Å²) in [5.41, 5.74) is 4.96. The van der Waals surface area contributed by atoms with Crippen molar-refractivity contribution >= 4 is 22.3 Å². The van der Waals surface area contributed by atoms with Crippen molar-refractivity contribution in [1.82, 2.24) is 34.3 Å². The maximum absolute atomic E-state index is 14.2. The lowest BCUT2D eigenvalue weighted by atomic mass is 10.1. The Morgan fingerprint density at radius 2 is 1.71 bits per heavy atom. The Labute approximate surface area is 236 Å². The first-order valence-corrected chi connectivity index (χ1v) is 13.2. The number of nitrogens with zero attached hydrogens (tertiary/aromatic N) is 6. The molecule has 0 aliphatic heterocycles. The zero-order valence-electron chi connectivity index (χ0n) is 23.1. The molecule has 1 N–H and O–H groups in total. The second-order valence-electron chi connectivity index (χ2n) is 9.85. The number of hydrogen-bond donors (Lipinski definition) is 1. The Morgan fingerprint density at radius 1 is 0.951 bits per heavy atom. The molecule has 0 unspecified atom stereocenters. The lowest BCUT2D eigenvalue weighted by molar-refractivity contribution is 0.0939. The summed E-state index contributed by atoms with van der Waals surface area (Å²) >= 11 is 0. The molecule has 2 aromatic carbocycles. The molecule has 9 heteroatoms. The molecule has 0 fully saturated rings. The fourth-order valence-electron chi connectivity index (χ4n) is 4.96. The molecule has 0 saturated heterocycles. The molecule has 1 amide bonds. The highest BCUT2D eigenvalue weighted by molar-refractivity contribution is 6.02. The first-order valence-electron chi connectivity index (χ1n) is 13.2. The number of carbonyl (C=O) groups is 1. The van der Waals surface area contributed by atoms with Crippen LogP contribution in [0.1, 0.15) is 51.7 Å². The molecule has 0 radical (unpaired) electrons. The SMILES string of the molecule is Cc1nn2ccccc2c1C(=O)N[C@@H](C)c1nc2cccc(C#Cc3cnn(C)c3C)c2c(=O)n1-c1ccccc1. The van der Waals surface area contributed by atoms with Crippen LogP contribution >= 0.6 is 0 Å². The topological polar surface area (TPSA) is 99.1 Å². The molecule has 202 valence electrons. The highest BCUT2D eigenvalue weighted by Gasteiger charge is 2.24. The maximum atomic E-state index is 14.2. The van der Waals surface area contributed by atoms with Gasteiger partial charge in [-0.2, -0.15) is 10.2 Å². The van der Waals surface area contributed by atoms with Crippen LogP contribution in [0.15, 0.2) is 83.9 Å². The third-order valence-electron chi connectivity index (χ3n) is 7.18. The van der Waals surface area contributed by atoms with E-state index < -0.39 is 6.04 Å². The second-order valence-corrected chi connectivity index (χ2v) is 9.85. The summed E-state index contributed by atoms with van der Waals surface area (Å²) in [6.45, 7) is 5.57. The predicted molar refractivity (Wildman–Crippen MR) is 157 cm³/mol. The van der Waals surface area contributed by atoms with Crippen LogP contribution in [0.4, 0.5) is 0 Å². The van der Waals surface area contributed by atoms with E-state index in [1.54, 1.807) is 39.1 Å². The third-order valence-corrected chi connectivity index (χ3v) is 7.18. The summed E-state index contributed by atoms with van der Waals surface area (Å²) in [5.74, 6) is 6.43. The quantitative estimate of drug-likeness (QED) is 0.336. The van der Waals surface area contributed by atoms with E-state index in [9.17, 15) is 9.59 Å². The van der Waals surface area contributed by atoms with Gasteiger partial charge in [0.15, 0.2) is 0 Å². The molecular weight excluding hydrogens is 514 g/mol. The van der Waals surface area contributed by atoms with E-state index in [0.717, 1.165) is 11.3 Å². The van der Waals surface area contributed by atoms with Crippen molar-refractivity contribution < 1.29 is 4.79 Å². The van der Waals surface area contributed by atoms with Crippen LogP contribution in [0, 0.1) is 25.7 Å². The lowest BCUT2D eigenvalue weighted by Gasteiger charge is -2.20. The molecule has 0 bridgehead atoms. The second kappa shape index (κ2) is 10.2. The Morgan fingerprint density at radius 3 is 2.46 bits per heavy atom. The number of pyridine rings is 1. The zero-order chi connectivity index (χ0) is 28.7. The van der Waals surface area contributed by atoms with Gasteiger partial charge in [0, 0.05) is 18.8 Å². The normalized spacial score (nSPS) is 11.8. The number of carbonyl (C=O) groups excluding carboxylic acids is 1. The van der Waals surface area contributed by atoms with Gasteiger partial charge in [-0.05, 0) is 57.2 Å². The van der Waals surface area contributed by atoms with E-state index in [1.165, 1.54) is 0 Å². The van der Waals surface area contributed by atoms with E-state index in [1.807, 2.05) is 81.6 Å². The van der Waals surface area contributed by atoms with Crippen molar-refractivity contribution in [3.8, 4) is 17.5 Å². The molecule has 0 aliphatic carbocycles. The van der Waals surface area contributed by atoms with Crippen molar-refractivity contribution in [3.05, 3.63) is 123 Å². The number of amides is 1. The summed E-state index contributed by atoms with van der Waals surface area (Å²) in [7, 11) is 1.86. The van der Waals surface area contributed by atoms with E-state index in [-0.39, 0.29) is 11.5 Å². The van der Waals surface area contributed by atoms with Gasteiger partial charge in [0.25, 0.3) is 11.5 Å². The number of para-hydroxylation sites is 1. The Balaban J connectivity index is 1.48. The Bertz CT molecular complexity index is 2070. The van der Waals surface area contributed by atoms with E-state index in [4.69, 9.17) is 4.98 Å². The molecule has 4 heterocycles. The number of hydrogen-bond acceptors (Lipinski definition) is 5. The van der Waals surface area contributed by atoms with Crippen molar-refractivity contribution in [3.63, 3.8) is 0 Å². The predicted octanol–water partition coefficient (Wildman–Crippen LogP) is 4.27. The van der Waals surface area contributed by atoms with Crippen molar-refractivity contribution in [2.24, 2.45) is 7.05 Å². The van der Waals surface area contributed by atoms with Gasteiger partial charge in [-0.25, -0.2) is 9.50 Å². The van der Waals surface area contributed by atoms with Crippen LogP contribution in [0.5, 0.6) is 0 Å². The summed E-state index contributed by atoms with van der Waals surface area (Å²) in [5, 5.41) is 12.2. The van der Waals surface area contributed by atoms with Crippen molar-refractivity contribution in [1.29, 1.82) is 0 Å². The van der Waals surface area contributed by atoms with Gasteiger partial charge in [-0.3, -0.25) is 18.8 Å². The number of aromatic nitrogens is 6. The molecule has 0 saturated carbocycles. The van der Waals surface area contributed by atoms with Crippen LogP contribution in [-0.2, 0) is 7.05 Å². The van der Waals surface area contributed by atoms with Gasteiger partial charge in [-0.1, -0.05) is 42.2 Å². The average molecular weight is 542 g/mol. The highest BCUT2D eigenvalue weighted by Crippen LogP contribution is 2.22. The molecule has 4 aromatic heterocycles. The first-order chi connectivity index (χ1) is 19.8. The minimum atomic E-state index is -0.606. The van der Waals surface area contributed by atoms with Gasteiger partial charge >= 0.3 is 0 Å². The van der Waals surface area contributed by atoms with Crippen LogP contribution in [0.3, 0.4) is 0 Å². The molecule has 0 aliphatic rings. The summed E-state index contributed by atoms with van der Waals surface area (Å²) in [4.78, 5) is 32.6. The van der Waals surface area contributed by atoms with Crippen LogP contribution in [-0.4, -0.2) is 34.9 Å². The first kappa shape index (κ1) is 25.8. The monoisotopic (exact) mass is 541 g/mol. The molecule has 1 atom stereocenters. The number of nitrogens with one attached hydrogen (secondary N) is 1. The molecule has 6 rings (SSSR count). The Kier molecular flexibility index (Phi) is 6.44. The highest BCUT2D eigenvalue weighted by atomic mass is 16.2. The van der Waals surface area contributed by atoms with Gasteiger partial charge in [0.2, 0.25) is 0 Å². The van der Waals surface area contributed by atoms with Gasteiger partial charge < -0.3 is 5.32 Å². The lowest BCUT2D eigenvalue weighted by Crippen LogP contribution is -2.33. The minimum absolute atomic E-state index is 0.266. The largest absolute Gasteiger partial charge is 0.342 e. The van der Waals surface area contributed by atoms with Crippen LogP contribution < -0.4 is 10.9 Å². The maximum Gasteiger partial charge on any atom is 0.267 e. The van der Waals surface area contributed by atoms with Crippen LogP contribution in [0.2, 0.25) is 0 Å². The molecule has 9 nitrogen and oxygen atoms in total. The minimum Gasteiger partial charge on any atom is -0.342 e. The van der Waals surface area contributed by atoms with E-state index >= 15 is 0 Å². The number of aryl methyl sites for hydroxylation is 2. The van der Waals surface area contributed by atoms with E-state index in [0.29, 0.717) is 44.8 Å². The zero-order valence-corrected chi connectivity index (χ0v) is 23.1. The summed E-state index contributed by atoms with van der Waals surface area (Å²) in [6.07, 6.45) is 3.51. The Hall–Kier alpha value is -5.49. The summed E-state index contributed by atoms with van der Waals surface area (Å²) in [6, 6.07) is 19.7. The van der Waals surface area contributed by atoms with E-state index in [2.05, 4.69) is 27.4 Å². The number of fused-ring (bicyclic) bond motifs is 2. The standard InChI is InChI=1S/C32H27N7O2/c1-20-28(27-15-8-9-18-38(27)36-20)31(40)34-21(2)30-35-26-14-10-11-23(16-17-24-19-33-37(4)22(24)3)29(26)32(41)39(30)25-12-6-5-7-13-25/h5-15,18-19,21H,1-4H3,(H,34,40)/t21-/m0/s1. The molecule has 0 spiro atoms. The smallest absolute Gasteiger partial charge is 0.267 e. The van der Waals surface area contributed by atoms with Gasteiger partial charge in [0.05, 0.1) is 56.9 Å². The summed E-state index contributed by atoms with van der Waals surface area (Å²) < 4.78 is 4.99. The third kappa shape index (κ3) is 4.55. The fourth-order valence-corrected chi connectivity index (χ4v) is 4.96. The molecular formula is C32H27N7O2. The number of benzene rings is 2. The fraction of sp³-hybridized carbons (Fsp3) is 0.156. The molecule has 6 aromatic rings. The number of rotatable bonds is 4. The van der Waals surface area contributed by atoms with Crippen molar-refractivity contribution in [2.45, 2.75) is 26.8 Å².